The van der Waals surface area contributed by atoms with Crippen molar-refractivity contribution in [3.63, 3.8) is 0 Å². The average Bonchev–Trinajstić information content (AvgIpc) is 3.48. The molecule has 2 aliphatic heterocycles. The second-order valence-corrected chi connectivity index (χ2v) is 11.8. The van der Waals surface area contributed by atoms with Crippen LogP contribution >= 0.6 is 0 Å². The molecule has 9 heteroatoms. The Morgan fingerprint density at radius 2 is 2.05 bits per heavy atom. The van der Waals surface area contributed by atoms with Gasteiger partial charge in [-0.2, -0.15) is 0 Å². The maximum atomic E-state index is 13.2. The molecule has 5 rings (SSSR count). The topological polar surface area (TPSA) is 127 Å². The summed E-state index contributed by atoms with van der Waals surface area (Å²) in [4.78, 5) is 29.0. The van der Waals surface area contributed by atoms with Gasteiger partial charge in [0.1, 0.15) is 29.6 Å². The zero-order valence-electron chi connectivity index (χ0n) is 22.8. The number of rotatable bonds is 4. The molecule has 1 saturated heterocycles. The van der Waals surface area contributed by atoms with E-state index in [-0.39, 0.29) is 30.1 Å². The lowest BCUT2D eigenvalue weighted by atomic mass is 9.52. The zero-order chi connectivity index (χ0) is 27.6. The van der Waals surface area contributed by atoms with Crippen LogP contribution in [0, 0.1) is 29.1 Å². The maximum absolute atomic E-state index is 13.2. The third-order valence-electron chi connectivity index (χ3n) is 9.43. The number of esters is 2. The minimum Gasteiger partial charge on any atom is -0.457 e. The fourth-order valence-electron chi connectivity index (χ4n) is 7.57. The van der Waals surface area contributed by atoms with Gasteiger partial charge >= 0.3 is 11.9 Å². The summed E-state index contributed by atoms with van der Waals surface area (Å²) in [7, 11) is 1.47. The van der Waals surface area contributed by atoms with E-state index in [9.17, 15) is 19.8 Å². The SMILES string of the molecule is CO[C@H]1C[C@@]2(C)C=C[C@H]3[C@H]4O[C@]2(/C(C)=C/[C@@H](C)[C@@H]([C@@H](C)O)OC1=O)[C@@H]3[C@H](O)[C@@H](C)[C@H]4OC(=O)c1ccc[nH]1. The summed E-state index contributed by atoms with van der Waals surface area (Å²) < 4.78 is 24.4. The molecule has 38 heavy (non-hydrogen) atoms. The van der Waals surface area contributed by atoms with Crippen molar-refractivity contribution in [1.82, 2.24) is 4.98 Å². The molecule has 1 saturated carbocycles. The normalized spacial score (nSPS) is 46.4. The number of carbonyl (C=O) groups is 2. The smallest absolute Gasteiger partial charge is 0.355 e. The number of H-pyrrole nitrogens is 1. The van der Waals surface area contributed by atoms with E-state index in [1.54, 1.807) is 25.3 Å². The third-order valence-corrected chi connectivity index (χ3v) is 9.43. The van der Waals surface area contributed by atoms with E-state index in [0.717, 1.165) is 5.57 Å². The molecule has 1 aromatic rings. The van der Waals surface area contributed by atoms with E-state index in [0.29, 0.717) is 5.69 Å². The molecule has 1 aromatic heterocycles. The molecule has 0 unspecified atom stereocenters. The molecule has 208 valence electrons. The fraction of sp³-hybridized carbons (Fsp3) is 0.655. The van der Waals surface area contributed by atoms with Gasteiger partial charge < -0.3 is 34.1 Å². The Bertz CT molecular complexity index is 1130. The van der Waals surface area contributed by atoms with Gasteiger partial charge in [0.25, 0.3) is 0 Å². The Hall–Kier alpha value is -2.46. The molecule has 3 heterocycles. The van der Waals surface area contributed by atoms with Crippen LogP contribution in [0.25, 0.3) is 0 Å². The number of hydrogen-bond acceptors (Lipinski definition) is 8. The zero-order valence-corrected chi connectivity index (χ0v) is 22.8. The summed E-state index contributed by atoms with van der Waals surface area (Å²) in [6, 6.07) is 3.38. The minimum absolute atomic E-state index is 0.196. The Kier molecular flexibility index (Phi) is 6.87. The van der Waals surface area contributed by atoms with Crippen LogP contribution in [-0.4, -0.2) is 76.5 Å². The highest BCUT2D eigenvalue weighted by Crippen LogP contribution is 2.65. The van der Waals surface area contributed by atoms with Gasteiger partial charge in [-0.05, 0) is 38.0 Å². The lowest BCUT2D eigenvalue weighted by molar-refractivity contribution is -0.176. The molecule has 0 radical (unpaired) electrons. The lowest BCUT2D eigenvalue weighted by Crippen LogP contribution is -2.60. The Labute approximate surface area is 223 Å². The second-order valence-electron chi connectivity index (χ2n) is 11.8. The van der Waals surface area contributed by atoms with E-state index in [2.05, 4.69) is 11.1 Å². The van der Waals surface area contributed by atoms with E-state index in [1.807, 2.05) is 39.8 Å². The first-order valence-corrected chi connectivity index (χ1v) is 13.4. The predicted octanol–water partition coefficient (Wildman–Crippen LogP) is 2.79. The number of aliphatic hydroxyl groups is 2. The molecule has 3 N–H and O–H groups in total. The molecule has 4 aliphatic rings. The number of aliphatic hydroxyl groups excluding tert-OH is 2. The fourth-order valence-corrected chi connectivity index (χ4v) is 7.57. The molecular weight excluding hydrogens is 490 g/mol. The van der Waals surface area contributed by atoms with Gasteiger partial charge in [0.05, 0.1) is 12.2 Å². The number of carbonyl (C=O) groups excluding carboxylic acids is 2. The molecule has 2 fully saturated rings. The molecule has 0 aromatic carbocycles. The van der Waals surface area contributed by atoms with Gasteiger partial charge in [0.15, 0.2) is 6.10 Å². The molecule has 1 spiro atoms. The van der Waals surface area contributed by atoms with Crippen LogP contribution in [0.5, 0.6) is 0 Å². The van der Waals surface area contributed by atoms with E-state index in [4.69, 9.17) is 18.9 Å². The quantitative estimate of drug-likeness (QED) is 0.401. The number of hydrogen-bond donors (Lipinski definition) is 3. The van der Waals surface area contributed by atoms with Crippen LogP contribution in [0.2, 0.25) is 0 Å². The van der Waals surface area contributed by atoms with Gasteiger partial charge in [0, 0.05) is 42.4 Å². The highest BCUT2D eigenvalue weighted by Gasteiger charge is 2.72. The standard InChI is InChI=1S/C29H39NO8/c1-14-12-15(2)29-21-18(9-10-28(29,5)13-20(35-6)27(34)36-23(14)17(4)31)25(38-29)24(16(3)22(21)32)37-26(33)19-8-7-11-30-19/h7-12,14,16-18,20-25,30-32H,13H2,1-6H3/b15-12+/t14-,16-,17-,18-,20+,21+,22-,23+,24-,25-,28-,29-/m1/s1. The van der Waals surface area contributed by atoms with Crippen LogP contribution in [0.15, 0.2) is 42.1 Å². The first kappa shape index (κ1) is 27.1. The van der Waals surface area contributed by atoms with Crippen molar-refractivity contribution in [1.29, 1.82) is 0 Å². The van der Waals surface area contributed by atoms with Crippen LogP contribution in [0.1, 0.15) is 51.5 Å². The van der Waals surface area contributed by atoms with Gasteiger partial charge in [-0.3, -0.25) is 0 Å². The summed E-state index contributed by atoms with van der Waals surface area (Å²) in [5, 5.41) is 22.3. The van der Waals surface area contributed by atoms with Crippen LogP contribution in [0.4, 0.5) is 0 Å². The first-order chi connectivity index (χ1) is 17.9. The van der Waals surface area contributed by atoms with Gasteiger partial charge in [0.2, 0.25) is 0 Å². The number of aromatic amines is 1. The molecule has 12 atom stereocenters. The summed E-state index contributed by atoms with van der Waals surface area (Å²) in [6.07, 6.45) is 3.42. The third kappa shape index (κ3) is 3.89. The lowest BCUT2D eigenvalue weighted by Gasteiger charge is -2.54. The minimum atomic E-state index is -0.996. The summed E-state index contributed by atoms with van der Waals surface area (Å²) in [5.41, 5.74) is -0.526. The van der Waals surface area contributed by atoms with E-state index >= 15 is 0 Å². The summed E-state index contributed by atoms with van der Waals surface area (Å²) in [6.45, 7) is 9.38. The van der Waals surface area contributed by atoms with Gasteiger partial charge in [-0.1, -0.05) is 39.0 Å². The molecule has 9 nitrogen and oxygen atoms in total. The number of aromatic nitrogens is 1. The Balaban J connectivity index is 1.62. The van der Waals surface area contributed by atoms with Crippen molar-refractivity contribution in [2.75, 3.05) is 7.11 Å². The van der Waals surface area contributed by atoms with E-state index in [1.165, 1.54) is 7.11 Å². The highest BCUT2D eigenvalue weighted by atomic mass is 16.6. The maximum Gasteiger partial charge on any atom is 0.355 e. The number of methoxy groups -OCH3 is 1. The predicted molar refractivity (Wildman–Crippen MR) is 137 cm³/mol. The molecule has 0 amide bonds. The molecule has 4 bridgehead atoms. The summed E-state index contributed by atoms with van der Waals surface area (Å²) >= 11 is 0. The number of cyclic esters (lactones) is 1. The number of nitrogens with one attached hydrogen (secondary N) is 1. The number of ether oxygens (including phenoxy) is 4. The van der Waals surface area contributed by atoms with Crippen molar-refractivity contribution in [3.05, 3.63) is 47.8 Å². The summed E-state index contributed by atoms with van der Waals surface area (Å²) in [5.74, 6) is -2.29. The Morgan fingerprint density at radius 1 is 1.32 bits per heavy atom. The van der Waals surface area contributed by atoms with Crippen molar-refractivity contribution in [3.8, 4) is 0 Å². The van der Waals surface area contributed by atoms with Crippen molar-refractivity contribution < 1.29 is 38.7 Å². The average molecular weight is 530 g/mol. The van der Waals surface area contributed by atoms with Gasteiger partial charge in [-0.15, -0.1) is 0 Å². The van der Waals surface area contributed by atoms with Crippen molar-refractivity contribution in [2.45, 2.75) is 83.3 Å². The highest BCUT2D eigenvalue weighted by molar-refractivity contribution is 5.87. The second kappa shape index (κ2) is 9.62. The van der Waals surface area contributed by atoms with Crippen LogP contribution in [0.3, 0.4) is 0 Å². The monoisotopic (exact) mass is 529 g/mol. The first-order valence-electron chi connectivity index (χ1n) is 13.4. The Morgan fingerprint density at radius 3 is 2.68 bits per heavy atom. The van der Waals surface area contributed by atoms with Crippen molar-refractivity contribution in [2.24, 2.45) is 29.1 Å². The van der Waals surface area contributed by atoms with Gasteiger partial charge in [-0.25, -0.2) is 9.59 Å². The van der Waals surface area contributed by atoms with E-state index < -0.39 is 59.6 Å². The van der Waals surface area contributed by atoms with Crippen LogP contribution in [-0.2, 0) is 23.7 Å². The van der Waals surface area contributed by atoms with Crippen molar-refractivity contribution >= 4 is 11.9 Å². The molecule has 2 aliphatic carbocycles. The van der Waals surface area contributed by atoms with Crippen LogP contribution < -0.4 is 0 Å². The largest absolute Gasteiger partial charge is 0.457 e. The molecular formula is C29H39NO8.